The number of unbranched alkanes of at least 4 members (excludes halogenated alkanes) is 1. The largest absolute Gasteiger partial charge is 0.479 e. The molecule has 1 rings (SSSR count). The van der Waals surface area contributed by atoms with E-state index in [1.807, 2.05) is 6.92 Å². The summed E-state index contributed by atoms with van der Waals surface area (Å²) in [5.74, 6) is -1.27. The smallest absolute Gasteiger partial charge is 0.332 e. The van der Waals surface area contributed by atoms with Gasteiger partial charge in [0, 0.05) is 5.92 Å². The zero-order chi connectivity index (χ0) is 12.2. The highest BCUT2D eigenvalue weighted by atomic mass is 16.7. The van der Waals surface area contributed by atoms with Gasteiger partial charge in [0.05, 0.1) is 6.61 Å². The van der Waals surface area contributed by atoms with E-state index < -0.39 is 11.5 Å². The topological polar surface area (TPSA) is 66.8 Å². The summed E-state index contributed by atoms with van der Waals surface area (Å²) >= 11 is 0. The van der Waals surface area contributed by atoms with Gasteiger partial charge < -0.3 is 5.11 Å². The zero-order valence-corrected chi connectivity index (χ0v) is 9.39. The number of nitrogens with zero attached hydrogens (tertiary/aromatic N) is 1. The van der Waals surface area contributed by atoms with E-state index >= 15 is 0 Å². The molecule has 0 aromatic rings. The first kappa shape index (κ1) is 12.7. The molecule has 0 radical (unpaired) electrons. The van der Waals surface area contributed by atoms with Crippen LogP contribution in [0.4, 0.5) is 0 Å². The van der Waals surface area contributed by atoms with Crippen molar-refractivity contribution in [3.63, 3.8) is 0 Å². The van der Waals surface area contributed by atoms with Crippen molar-refractivity contribution >= 4 is 12.4 Å². The second kappa shape index (κ2) is 5.12. The maximum atomic E-state index is 11.2. The Balaban J connectivity index is 2.66. The molecule has 0 aromatic heterocycles. The number of carboxylic acids is 1. The van der Waals surface area contributed by atoms with Crippen molar-refractivity contribution in [2.24, 2.45) is 5.92 Å². The Morgan fingerprint density at radius 1 is 1.75 bits per heavy atom. The van der Waals surface area contributed by atoms with Crippen LogP contribution in [0.1, 0.15) is 26.2 Å². The second-order valence-electron chi connectivity index (χ2n) is 3.89. The fraction of sp³-hybridized carbons (Fsp3) is 0.636. The number of rotatable bonds is 8. The van der Waals surface area contributed by atoms with Gasteiger partial charge in [0.2, 0.25) is 6.41 Å². The van der Waals surface area contributed by atoms with E-state index in [0.717, 1.165) is 17.9 Å². The highest BCUT2D eigenvalue weighted by molar-refractivity contribution is 5.86. The van der Waals surface area contributed by atoms with Crippen LogP contribution >= 0.6 is 0 Å². The minimum Gasteiger partial charge on any atom is -0.479 e. The molecule has 5 heteroatoms. The van der Waals surface area contributed by atoms with E-state index in [1.165, 1.54) is 0 Å². The number of aliphatic carboxylic acids is 1. The van der Waals surface area contributed by atoms with Gasteiger partial charge in [-0.25, -0.2) is 9.86 Å². The number of carboxylic acid groups (broad SMARTS) is 1. The molecule has 1 aliphatic rings. The van der Waals surface area contributed by atoms with Crippen LogP contribution in [0.5, 0.6) is 0 Å². The number of hydroxylamine groups is 2. The highest BCUT2D eigenvalue weighted by Gasteiger charge is 2.64. The Morgan fingerprint density at radius 2 is 2.44 bits per heavy atom. The van der Waals surface area contributed by atoms with E-state index in [-0.39, 0.29) is 5.92 Å². The molecule has 1 aliphatic carbocycles. The van der Waals surface area contributed by atoms with Gasteiger partial charge in [0.25, 0.3) is 0 Å². The van der Waals surface area contributed by atoms with Gasteiger partial charge in [-0.1, -0.05) is 19.4 Å². The predicted molar refractivity (Wildman–Crippen MR) is 57.4 cm³/mol. The third kappa shape index (κ3) is 2.09. The van der Waals surface area contributed by atoms with Crippen molar-refractivity contribution in [2.45, 2.75) is 31.7 Å². The Labute approximate surface area is 94.6 Å². The lowest BCUT2D eigenvalue weighted by Crippen LogP contribution is -2.44. The molecule has 0 heterocycles. The molecule has 2 unspecified atom stereocenters. The summed E-state index contributed by atoms with van der Waals surface area (Å²) in [4.78, 5) is 27.2. The van der Waals surface area contributed by atoms with Crippen LogP contribution in [-0.2, 0) is 14.4 Å². The average Bonchev–Trinajstić information content (AvgIpc) is 3.00. The normalized spacial score (nSPS) is 27.2. The minimum atomic E-state index is -1.22. The number of hydrogen-bond acceptors (Lipinski definition) is 3. The fourth-order valence-electron chi connectivity index (χ4n) is 1.70. The molecular weight excluding hydrogens is 210 g/mol. The van der Waals surface area contributed by atoms with Crippen molar-refractivity contribution in [3.8, 4) is 0 Å². The van der Waals surface area contributed by atoms with Crippen molar-refractivity contribution in [3.05, 3.63) is 12.7 Å². The van der Waals surface area contributed by atoms with Gasteiger partial charge in [0.1, 0.15) is 0 Å². The standard InChI is InChI=1S/C11H17NO4/c1-3-5-6-16-12(8-13)11(10(14)15)7-9(11)4-2/h4,8-9H,2-3,5-7H2,1H3,(H,14,15). The van der Waals surface area contributed by atoms with Gasteiger partial charge in [-0.05, 0) is 12.8 Å². The molecule has 90 valence electrons. The Hall–Kier alpha value is -1.36. The van der Waals surface area contributed by atoms with Gasteiger partial charge in [0.15, 0.2) is 5.54 Å². The first-order valence-corrected chi connectivity index (χ1v) is 5.37. The summed E-state index contributed by atoms with van der Waals surface area (Å²) in [6.45, 7) is 5.90. The quantitative estimate of drug-likeness (QED) is 0.293. The van der Waals surface area contributed by atoms with Crippen LogP contribution in [0.3, 0.4) is 0 Å². The molecule has 1 saturated carbocycles. The van der Waals surface area contributed by atoms with Gasteiger partial charge in [-0.3, -0.25) is 9.63 Å². The first-order valence-electron chi connectivity index (χ1n) is 5.37. The Morgan fingerprint density at radius 3 is 2.81 bits per heavy atom. The zero-order valence-electron chi connectivity index (χ0n) is 9.39. The monoisotopic (exact) mass is 227 g/mol. The lowest BCUT2D eigenvalue weighted by atomic mass is 10.2. The number of carbonyl (C=O) groups excluding carboxylic acids is 1. The van der Waals surface area contributed by atoms with Gasteiger partial charge >= 0.3 is 5.97 Å². The molecule has 1 N–H and O–H groups in total. The molecule has 0 aliphatic heterocycles. The summed E-state index contributed by atoms with van der Waals surface area (Å²) in [5.41, 5.74) is -1.22. The van der Waals surface area contributed by atoms with Crippen molar-refractivity contribution in [2.75, 3.05) is 6.61 Å². The molecule has 5 nitrogen and oxygen atoms in total. The maximum absolute atomic E-state index is 11.2. The van der Waals surface area contributed by atoms with Crippen molar-refractivity contribution in [1.29, 1.82) is 0 Å². The minimum absolute atomic E-state index is 0.225. The maximum Gasteiger partial charge on any atom is 0.332 e. The number of hydrogen-bond donors (Lipinski definition) is 1. The van der Waals surface area contributed by atoms with E-state index in [4.69, 9.17) is 9.94 Å². The third-order valence-electron chi connectivity index (χ3n) is 2.86. The second-order valence-corrected chi connectivity index (χ2v) is 3.89. The fourth-order valence-corrected chi connectivity index (χ4v) is 1.70. The summed E-state index contributed by atoms with van der Waals surface area (Å²) in [6.07, 6.45) is 4.08. The summed E-state index contributed by atoms with van der Waals surface area (Å²) in [6, 6.07) is 0. The average molecular weight is 227 g/mol. The van der Waals surface area contributed by atoms with E-state index in [2.05, 4.69) is 6.58 Å². The summed E-state index contributed by atoms with van der Waals surface area (Å²) in [7, 11) is 0. The van der Waals surface area contributed by atoms with Crippen LogP contribution in [0, 0.1) is 5.92 Å². The number of carbonyl (C=O) groups is 2. The van der Waals surface area contributed by atoms with Crippen molar-refractivity contribution in [1.82, 2.24) is 5.06 Å². The van der Waals surface area contributed by atoms with Gasteiger partial charge in [-0.15, -0.1) is 6.58 Å². The van der Waals surface area contributed by atoms with E-state index in [0.29, 0.717) is 19.4 Å². The molecule has 0 bridgehead atoms. The van der Waals surface area contributed by atoms with Crippen LogP contribution in [-0.4, -0.2) is 34.7 Å². The molecule has 1 amide bonds. The first-order chi connectivity index (χ1) is 7.63. The summed E-state index contributed by atoms with van der Waals surface area (Å²) in [5, 5.41) is 10.1. The van der Waals surface area contributed by atoms with Crippen molar-refractivity contribution < 1.29 is 19.5 Å². The highest BCUT2D eigenvalue weighted by Crippen LogP contribution is 2.49. The Bertz CT molecular complexity index is 292. The van der Waals surface area contributed by atoms with Crippen LogP contribution in [0.25, 0.3) is 0 Å². The predicted octanol–water partition coefficient (Wildman–Crippen LogP) is 1.21. The molecule has 16 heavy (non-hydrogen) atoms. The molecule has 1 fully saturated rings. The van der Waals surface area contributed by atoms with Crippen LogP contribution in [0.2, 0.25) is 0 Å². The molecular formula is C11H17NO4. The number of amides is 1. The Kier molecular flexibility index (Phi) is 4.06. The van der Waals surface area contributed by atoms with E-state index in [9.17, 15) is 9.59 Å². The molecule has 0 saturated heterocycles. The molecule has 2 atom stereocenters. The van der Waals surface area contributed by atoms with Gasteiger partial charge in [-0.2, -0.15) is 0 Å². The van der Waals surface area contributed by atoms with Crippen LogP contribution < -0.4 is 0 Å². The molecule has 0 spiro atoms. The third-order valence-corrected chi connectivity index (χ3v) is 2.86. The lowest BCUT2D eigenvalue weighted by Gasteiger charge is -2.24. The van der Waals surface area contributed by atoms with E-state index in [1.54, 1.807) is 6.08 Å². The van der Waals surface area contributed by atoms with Crippen LogP contribution in [0.15, 0.2) is 12.7 Å². The SMILES string of the molecule is C=CC1CC1(C(=O)O)N(C=O)OCCCC. The lowest BCUT2D eigenvalue weighted by molar-refractivity contribution is -0.203. The molecule has 0 aromatic carbocycles. The summed E-state index contributed by atoms with van der Waals surface area (Å²) < 4.78 is 0.